The van der Waals surface area contributed by atoms with Crippen molar-refractivity contribution in [2.24, 2.45) is 5.92 Å². The molecule has 1 fully saturated rings. The molecule has 90 valence electrons. The topological polar surface area (TPSA) is 24.5 Å². The highest BCUT2D eigenvalue weighted by Gasteiger charge is 2.13. The molecule has 0 amide bonds. The third kappa shape index (κ3) is 6.13. The molecule has 0 bridgehead atoms. The number of hydrogen-bond acceptors (Lipinski definition) is 3. The van der Waals surface area contributed by atoms with Gasteiger partial charge in [0, 0.05) is 12.6 Å². The molecule has 0 aromatic heterocycles. The predicted molar refractivity (Wildman–Crippen MR) is 64.2 cm³/mol. The fourth-order valence-corrected chi connectivity index (χ4v) is 1.77. The van der Waals surface area contributed by atoms with E-state index in [2.05, 4.69) is 31.1 Å². The lowest BCUT2D eigenvalue weighted by molar-refractivity contribution is 0.0709. The third-order valence-corrected chi connectivity index (χ3v) is 2.95. The van der Waals surface area contributed by atoms with Crippen molar-refractivity contribution in [2.45, 2.75) is 32.7 Å². The molecular formula is C12H26N2O. The quantitative estimate of drug-likeness (QED) is 0.722. The lowest BCUT2D eigenvalue weighted by Gasteiger charge is -2.26. The van der Waals surface area contributed by atoms with Crippen molar-refractivity contribution in [3.63, 3.8) is 0 Å². The van der Waals surface area contributed by atoms with Gasteiger partial charge in [0.05, 0.1) is 13.2 Å². The smallest absolute Gasteiger partial charge is 0.0620 e. The molecule has 1 aliphatic heterocycles. The number of nitrogens with one attached hydrogen (secondary N) is 1. The molecular weight excluding hydrogens is 188 g/mol. The van der Waals surface area contributed by atoms with E-state index < -0.39 is 0 Å². The van der Waals surface area contributed by atoms with E-state index in [0.29, 0.717) is 6.04 Å². The summed E-state index contributed by atoms with van der Waals surface area (Å²) in [6, 6.07) is 0.570. The molecule has 1 N–H and O–H groups in total. The Morgan fingerprint density at radius 3 is 2.80 bits per heavy atom. The van der Waals surface area contributed by atoms with Gasteiger partial charge in [0.1, 0.15) is 0 Å². The fraction of sp³-hybridized carbons (Fsp3) is 1.00. The lowest BCUT2D eigenvalue weighted by Crippen LogP contribution is -2.43. The maximum atomic E-state index is 5.43. The van der Waals surface area contributed by atoms with Gasteiger partial charge >= 0.3 is 0 Å². The van der Waals surface area contributed by atoms with Crippen LogP contribution in [0.2, 0.25) is 0 Å². The largest absolute Gasteiger partial charge is 0.379 e. The zero-order chi connectivity index (χ0) is 11.1. The monoisotopic (exact) mass is 214 g/mol. The zero-order valence-corrected chi connectivity index (χ0v) is 10.5. The van der Waals surface area contributed by atoms with Crippen molar-refractivity contribution in [2.75, 3.05) is 39.9 Å². The summed E-state index contributed by atoms with van der Waals surface area (Å²) in [5, 5.41) is 3.49. The van der Waals surface area contributed by atoms with Gasteiger partial charge in [0.15, 0.2) is 0 Å². The normalized spacial score (nSPS) is 22.6. The molecule has 3 nitrogen and oxygen atoms in total. The molecule has 1 aliphatic rings. The average molecular weight is 214 g/mol. The Morgan fingerprint density at radius 2 is 2.20 bits per heavy atom. The molecule has 1 rings (SSSR count). The summed E-state index contributed by atoms with van der Waals surface area (Å²) in [6.07, 6.45) is 2.50. The second-order valence-corrected chi connectivity index (χ2v) is 5.00. The maximum Gasteiger partial charge on any atom is 0.0620 e. The van der Waals surface area contributed by atoms with Crippen LogP contribution in [0.15, 0.2) is 0 Å². The van der Waals surface area contributed by atoms with Gasteiger partial charge in [-0.25, -0.2) is 0 Å². The number of nitrogens with zero attached hydrogens (tertiary/aromatic N) is 1. The second kappa shape index (κ2) is 7.20. The standard InChI is InChI=1S/C12H26N2O/c1-11(2)4-7-14(3)8-5-12-10-15-9-6-13-12/h11-13H,4-10H2,1-3H3. The van der Waals surface area contributed by atoms with Gasteiger partial charge in [-0.1, -0.05) is 13.8 Å². The van der Waals surface area contributed by atoms with E-state index in [0.717, 1.165) is 25.7 Å². The van der Waals surface area contributed by atoms with Crippen LogP contribution in [0.3, 0.4) is 0 Å². The summed E-state index contributed by atoms with van der Waals surface area (Å²) in [4.78, 5) is 2.43. The van der Waals surface area contributed by atoms with Gasteiger partial charge in [-0.15, -0.1) is 0 Å². The van der Waals surface area contributed by atoms with Crippen molar-refractivity contribution >= 4 is 0 Å². The summed E-state index contributed by atoms with van der Waals surface area (Å²) < 4.78 is 5.43. The highest BCUT2D eigenvalue weighted by atomic mass is 16.5. The molecule has 1 saturated heterocycles. The van der Waals surface area contributed by atoms with E-state index in [1.54, 1.807) is 0 Å². The van der Waals surface area contributed by atoms with Gasteiger partial charge in [-0.2, -0.15) is 0 Å². The molecule has 1 atom stereocenters. The Bertz CT molecular complexity index is 156. The van der Waals surface area contributed by atoms with Gasteiger partial charge in [-0.3, -0.25) is 0 Å². The summed E-state index contributed by atoms with van der Waals surface area (Å²) in [5.74, 6) is 0.809. The maximum absolute atomic E-state index is 5.43. The molecule has 0 radical (unpaired) electrons. The molecule has 0 aliphatic carbocycles. The Hall–Kier alpha value is -0.120. The third-order valence-electron chi connectivity index (χ3n) is 2.95. The van der Waals surface area contributed by atoms with Crippen LogP contribution in [0.1, 0.15) is 26.7 Å². The van der Waals surface area contributed by atoms with Crippen molar-refractivity contribution in [3.8, 4) is 0 Å². The zero-order valence-electron chi connectivity index (χ0n) is 10.5. The number of hydrogen-bond donors (Lipinski definition) is 1. The van der Waals surface area contributed by atoms with Crippen LogP contribution >= 0.6 is 0 Å². The van der Waals surface area contributed by atoms with E-state index in [1.807, 2.05) is 0 Å². The molecule has 15 heavy (non-hydrogen) atoms. The van der Waals surface area contributed by atoms with E-state index in [9.17, 15) is 0 Å². The minimum absolute atomic E-state index is 0.570. The Morgan fingerprint density at radius 1 is 1.40 bits per heavy atom. The molecule has 3 heteroatoms. The summed E-state index contributed by atoms with van der Waals surface area (Å²) >= 11 is 0. The summed E-state index contributed by atoms with van der Waals surface area (Å²) in [5.41, 5.74) is 0. The first-order chi connectivity index (χ1) is 7.18. The molecule has 0 aromatic rings. The van der Waals surface area contributed by atoms with Crippen LogP contribution in [0.25, 0.3) is 0 Å². The first kappa shape index (κ1) is 12.9. The first-order valence-electron chi connectivity index (χ1n) is 6.18. The Labute approximate surface area is 94.2 Å². The van der Waals surface area contributed by atoms with Crippen LogP contribution in [0.5, 0.6) is 0 Å². The van der Waals surface area contributed by atoms with Crippen molar-refractivity contribution in [1.82, 2.24) is 10.2 Å². The van der Waals surface area contributed by atoms with E-state index >= 15 is 0 Å². The van der Waals surface area contributed by atoms with Crippen molar-refractivity contribution in [1.29, 1.82) is 0 Å². The minimum atomic E-state index is 0.570. The van der Waals surface area contributed by atoms with E-state index in [4.69, 9.17) is 4.74 Å². The van der Waals surface area contributed by atoms with Crippen LogP contribution < -0.4 is 5.32 Å². The Kier molecular flexibility index (Phi) is 6.22. The molecule has 1 heterocycles. The van der Waals surface area contributed by atoms with Crippen LogP contribution in [-0.4, -0.2) is 50.8 Å². The number of morpholine rings is 1. The van der Waals surface area contributed by atoms with Crippen LogP contribution in [-0.2, 0) is 4.74 Å². The summed E-state index contributed by atoms with van der Waals surface area (Å²) in [6.45, 7) is 9.73. The molecule has 0 saturated carbocycles. The molecule has 1 unspecified atom stereocenters. The van der Waals surface area contributed by atoms with Crippen LogP contribution in [0.4, 0.5) is 0 Å². The molecule has 0 spiro atoms. The van der Waals surface area contributed by atoms with Crippen LogP contribution in [0, 0.1) is 5.92 Å². The minimum Gasteiger partial charge on any atom is -0.379 e. The highest BCUT2D eigenvalue weighted by Crippen LogP contribution is 2.03. The van der Waals surface area contributed by atoms with Crippen molar-refractivity contribution in [3.05, 3.63) is 0 Å². The predicted octanol–water partition coefficient (Wildman–Crippen LogP) is 1.34. The lowest BCUT2D eigenvalue weighted by atomic mass is 10.1. The first-order valence-corrected chi connectivity index (χ1v) is 6.18. The Balaban J connectivity index is 2.02. The van der Waals surface area contributed by atoms with Crippen molar-refractivity contribution < 1.29 is 4.74 Å². The van der Waals surface area contributed by atoms with Gasteiger partial charge in [-0.05, 0) is 38.9 Å². The van der Waals surface area contributed by atoms with E-state index in [1.165, 1.54) is 25.9 Å². The average Bonchev–Trinajstić information content (AvgIpc) is 2.25. The summed E-state index contributed by atoms with van der Waals surface area (Å²) in [7, 11) is 2.21. The SMILES string of the molecule is CC(C)CCN(C)CCC1COCCN1. The fourth-order valence-electron chi connectivity index (χ4n) is 1.77. The molecule has 0 aromatic carbocycles. The van der Waals surface area contributed by atoms with Gasteiger partial charge in [0.25, 0.3) is 0 Å². The van der Waals surface area contributed by atoms with Gasteiger partial charge < -0.3 is 15.0 Å². The number of ether oxygens (including phenoxy) is 1. The number of rotatable bonds is 6. The second-order valence-electron chi connectivity index (χ2n) is 5.00. The van der Waals surface area contributed by atoms with Gasteiger partial charge in [0.2, 0.25) is 0 Å². The highest BCUT2D eigenvalue weighted by molar-refractivity contribution is 4.71. The van der Waals surface area contributed by atoms with E-state index in [-0.39, 0.29) is 0 Å².